The standard InChI is InChI=1S/C18H24N2O3S/c1-18(2,3)17-19-14(12-24-17)11-23-15-7-5-13(6-8-15)16(22)20(4)9-10-21/h5-8,12,21H,9-11H2,1-4H3. The van der Waals surface area contributed by atoms with Crippen LogP contribution in [-0.4, -0.2) is 41.1 Å². The lowest BCUT2D eigenvalue weighted by Gasteiger charge is -2.15. The highest BCUT2D eigenvalue weighted by Crippen LogP contribution is 2.26. The number of aliphatic hydroxyl groups excluding tert-OH is 1. The summed E-state index contributed by atoms with van der Waals surface area (Å²) in [6, 6.07) is 7.01. The third kappa shape index (κ3) is 4.79. The number of ether oxygens (including phenoxy) is 1. The van der Waals surface area contributed by atoms with Crippen molar-refractivity contribution in [2.45, 2.75) is 32.8 Å². The van der Waals surface area contributed by atoms with Crippen LogP contribution >= 0.6 is 11.3 Å². The second kappa shape index (κ2) is 7.77. The molecule has 1 heterocycles. The normalized spacial score (nSPS) is 11.4. The van der Waals surface area contributed by atoms with Gasteiger partial charge in [0.2, 0.25) is 0 Å². The van der Waals surface area contributed by atoms with Crippen LogP contribution in [0.2, 0.25) is 0 Å². The van der Waals surface area contributed by atoms with Crippen LogP contribution in [-0.2, 0) is 12.0 Å². The average Bonchev–Trinajstić information content (AvgIpc) is 3.02. The summed E-state index contributed by atoms with van der Waals surface area (Å²) >= 11 is 1.64. The second-order valence-corrected chi connectivity index (χ2v) is 7.52. The highest BCUT2D eigenvalue weighted by atomic mass is 32.1. The number of aromatic nitrogens is 1. The van der Waals surface area contributed by atoms with Crippen molar-refractivity contribution < 1.29 is 14.6 Å². The molecule has 0 aliphatic heterocycles. The van der Waals surface area contributed by atoms with Crippen LogP contribution in [0.5, 0.6) is 5.75 Å². The second-order valence-electron chi connectivity index (χ2n) is 6.66. The molecule has 0 bridgehead atoms. The SMILES string of the molecule is CN(CCO)C(=O)c1ccc(OCc2csc(C(C)(C)C)n2)cc1. The average molecular weight is 348 g/mol. The van der Waals surface area contributed by atoms with Gasteiger partial charge in [0.1, 0.15) is 12.4 Å². The number of thiazole rings is 1. The summed E-state index contributed by atoms with van der Waals surface area (Å²) in [6.07, 6.45) is 0. The van der Waals surface area contributed by atoms with Gasteiger partial charge < -0.3 is 14.7 Å². The van der Waals surface area contributed by atoms with Crippen molar-refractivity contribution in [2.75, 3.05) is 20.2 Å². The molecule has 5 nitrogen and oxygen atoms in total. The molecule has 0 unspecified atom stereocenters. The molecule has 6 heteroatoms. The van der Waals surface area contributed by atoms with Gasteiger partial charge in [-0.2, -0.15) is 0 Å². The summed E-state index contributed by atoms with van der Waals surface area (Å²) < 4.78 is 5.74. The summed E-state index contributed by atoms with van der Waals surface area (Å²) in [7, 11) is 1.66. The van der Waals surface area contributed by atoms with E-state index >= 15 is 0 Å². The highest BCUT2D eigenvalue weighted by molar-refractivity contribution is 7.09. The summed E-state index contributed by atoms with van der Waals surface area (Å²) in [6.45, 7) is 7.09. The van der Waals surface area contributed by atoms with Crippen LogP contribution in [0.4, 0.5) is 0 Å². The molecule has 0 aliphatic carbocycles. The van der Waals surface area contributed by atoms with Gasteiger partial charge in [-0.3, -0.25) is 4.79 Å². The van der Waals surface area contributed by atoms with Crippen molar-refractivity contribution in [1.29, 1.82) is 0 Å². The first-order chi connectivity index (χ1) is 11.3. The van der Waals surface area contributed by atoms with Crippen LogP contribution in [0.1, 0.15) is 41.8 Å². The molecular weight excluding hydrogens is 324 g/mol. The molecule has 0 spiro atoms. The molecule has 24 heavy (non-hydrogen) atoms. The minimum Gasteiger partial charge on any atom is -0.487 e. The van der Waals surface area contributed by atoms with E-state index in [9.17, 15) is 4.79 Å². The predicted octanol–water partition coefficient (Wildman–Crippen LogP) is 3.08. The summed E-state index contributed by atoms with van der Waals surface area (Å²) in [4.78, 5) is 18.2. The van der Waals surface area contributed by atoms with Crippen LogP contribution in [0.15, 0.2) is 29.6 Å². The number of aliphatic hydroxyl groups is 1. The number of carbonyl (C=O) groups excluding carboxylic acids is 1. The van der Waals surface area contributed by atoms with Gasteiger partial charge in [-0.15, -0.1) is 11.3 Å². The van der Waals surface area contributed by atoms with Gasteiger partial charge in [-0.25, -0.2) is 4.98 Å². The van der Waals surface area contributed by atoms with Crippen molar-refractivity contribution in [3.8, 4) is 5.75 Å². The van der Waals surface area contributed by atoms with Crippen molar-refractivity contribution in [3.05, 3.63) is 45.9 Å². The maximum absolute atomic E-state index is 12.1. The third-order valence-corrected chi connectivity index (χ3v) is 4.78. The molecule has 1 amide bonds. The molecule has 2 rings (SSSR count). The fraction of sp³-hybridized carbons (Fsp3) is 0.444. The maximum atomic E-state index is 12.1. The zero-order valence-corrected chi connectivity index (χ0v) is 15.4. The third-order valence-electron chi connectivity index (χ3n) is 3.46. The monoisotopic (exact) mass is 348 g/mol. The molecule has 0 saturated carbocycles. The number of nitrogens with zero attached hydrogens (tertiary/aromatic N) is 2. The summed E-state index contributed by atoms with van der Waals surface area (Å²) in [5.41, 5.74) is 1.53. The molecule has 1 N–H and O–H groups in total. The van der Waals surface area contributed by atoms with Crippen LogP contribution in [0, 0.1) is 0 Å². The van der Waals surface area contributed by atoms with Crippen molar-refractivity contribution in [2.24, 2.45) is 0 Å². The van der Waals surface area contributed by atoms with Gasteiger partial charge in [-0.05, 0) is 24.3 Å². The molecule has 1 aromatic heterocycles. The molecule has 0 saturated heterocycles. The van der Waals surface area contributed by atoms with E-state index < -0.39 is 0 Å². The molecule has 0 radical (unpaired) electrons. The molecule has 0 atom stereocenters. The lowest BCUT2D eigenvalue weighted by atomic mass is 9.98. The lowest BCUT2D eigenvalue weighted by molar-refractivity contribution is 0.0767. The zero-order valence-electron chi connectivity index (χ0n) is 14.6. The molecule has 0 fully saturated rings. The quantitative estimate of drug-likeness (QED) is 0.871. The number of amides is 1. The first kappa shape index (κ1) is 18.4. The Balaban J connectivity index is 1.94. The number of benzene rings is 1. The Labute approximate surface area is 146 Å². The Morgan fingerprint density at radius 2 is 1.96 bits per heavy atom. The van der Waals surface area contributed by atoms with Crippen molar-refractivity contribution >= 4 is 17.2 Å². The molecule has 1 aromatic carbocycles. The number of hydrogen-bond acceptors (Lipinski definition) is 5. The predicted molar refractivity (Wildman–Crippen MR) is 95.6 cm³/mol. The lowest BCUT2D eigenvalue weighted by Crippen LogP contribution is -2.29. The minimum absolute atomic E-state index is 0.0471. The Morgan fingerprint density at radius 1 is 1.29 bits per heavy atom. The first-order valence-corrected chi connectivity index (χ1v) is 8.73. The van der Waals surface area contributed by atoms with Gasteiger partial charge >= 0.3 is 0 Å². The number of rotatable bonds is 6. The Bertz CT molecular complexity index is 674. The van der Waals surface area contributed by atoms with E-state index in [1.165, 1.54) is 4.90 Å². The highest BCUT2D eigenvalue weighted by Gasteiger charge is 2.18. The number of likely N-dealkylation sites (N-methyl/N-ethyl adjacent to an activating group) is 1. The van der Waals surface area contributed by atoms with E-state index in [0.29, 0.717) is 24.5 Å². The number of carbonyl (C=O) groups is 1. The van der Waals surface area contributed by atoms with E-state index in [4.69, 9.17) is 9.84 Å². The molecular formula is C18H24N2O3S. The summed E-state index contributed by atoms with van der Waals surface area (Å²) in [5, 5.41) is 12.0. The fourth-order valence-electron chi connectivity index (χ4n) is 2.04. The molecule has 130 valence electrons. The van der Waals surface area contributed by atoms with E-state index in [1.54, 1.807) is 42.6 Å². The fourth-order valence-corrected chi connectivity index (χ4v) is 2.93. The van der Waals surface area contributed by atoms with Gasteiger partial charge in [0.25, 0.3) is 5.91 Å². The molecule has 2 aromatic rings. The minimum atomic E-state index is -0.120. The molecule has 0 aliphatic rings. The zero-order chi connectivity index (χ0) is 17.7. The smallest absolute Gasteiger partial charge is 0.253 e. The van der Waals surface area contributed by atoms with E-state index in [0.717, 1.165) is 10.7 Å². The maximum Gasteiger partial charge on any atom is 0.253 e. The van der Waals surface area contributed by atoms with Gasteiger partial charge in [0, 0.05) is 30.0 Å². The first-order valence-electron chi connectivity index (χ1n) is 7.85. The van der Waals surface area contributed by atoms with Gasteiger partial charge in [0.05, 0.1) is 17.3 Å². The topological polar surface area (TPSA) is 62.7 Å². The Morgan fingerprint density at radius 3 is 2.50 bits per heavy atom. The van der Waals surface area contributed by atoms with Crippen molar-refractivity contribution in [3.63, 3.8) is 0 Å². The van der Waals surface area contributed by atoms with E-state index in [-0.39, 0.29) is 17.9 Å². The van der Waals surface area contributed by atoms with Gasteiger partial charge in [-0.1, -0.05) is 20.8 Å². The van der Waals surface area contributed by atoms with E-state index in [1.807, 2.05) is 5.38 Å². The summed E-state index contributed by atoms with van der Waals surface area (Å²) in [5.74, 6) is 0.576. The van der Waals surface area contributed by atoms with Crippen molar-refractivity contribution in [1.82, 2.24) is 9.88 Å². The largest absolute Gasteiger partial charge is 0.487 e. The Kier molecular flexibility index (Phi) is 5.96. The van der Waals surface area contributed by atoms with Crippen LogP contribution in [0.25, 0.3) is 0 Å². The Hall–Kier alpha value is -1.92. The van der Waals surface area contributed by atoms with Crippen LogP contribution in [0.3, 0.4) is 0 Å². The van der Waals surface area contributed by atoms with Gasteiger partial charge in [0.15, 0.2) is 0 Å². The number of hydrogen-bond donors (Lipinski definition) is 1. The van der Waals surface area contributed by atoms with E-state index in [2.05, 4.69) is 25.8 Å². The van der Waals surface area contributed by atoms with Crippen LogP contribution < -0.4 is 4.74 Å².